The van der Waals surface area contributed by atoms with E-state index in [1.165, 1.54) is 0 Å². The number of hydrogen-bond donors (Lipinski definition) is 0. The number of carbonyl (C=O) groups is 2. The highest BCUT2D eigenvalue weighted by atomic mass is 16.5. The van der Waals surface area contributed by atoms with Gasteiger partial charge in [-0.1, -0.05) is 5.16 Å². The third-order valence-corrected chi connectivity index (χ3v) is 4.66. The van der Waals surface area contributed by atoms with Crippen LogP contribution in [0.25, 0.3) is 0 Å². The molecule has 0 aliphatic carbocycles. The fourth-order valence-corrected chi connectivity index (χ4v) is 3.17. The first kappa shape index (κ1) is 16.0. The van der Waals surface area contributed by atoms with Crippen LogP contribution in [0.1, 0.15) is 29.9 Å². The summed E-state index contributed by atoms with van der Waals surface area (Å²) in [6, 6.07) is 0. The maximum absolute atomic E-state index is 12.4. The molecule has 0 radical (unpaired) electrons. The van der Waals surface area contributed by atoms with Gasteiger partial charge in [0.05, 0.1) is 12.1 Å². The zero-order chi connectivity index (χ0) is 16.4. The van der Waals surface area contributed by atoms with Gasteiger partial charge in [-0.3, -0.25) is 9.59 Å². The van der Waals surface area contributed by atoms with E-state index in [0.717, 1.165) is 24.1 Å². The van der Waals surface area contributed by atoms with Crippen LogP contribution in [0.4, 0.5) is 0 Å². The molecule has 1 aromatic heterocycles. The Hall–Kier alpha value is -1.89. The summed E-state index contributed by atoms with van der Waals surface area (Å²) in [4.78, 5) is 28.4. The van der Waals surface area contributed by atoms with E-state index in [0.29, 0.717) is 45.0 Å². The first-order chi connectivity index (χ1) is 11.1. The number of nitrogens with zero attached hydrogens (tertiary/aromatic N) is 3. The molecule has 7 heteroatoms. The summed E-state index contributed by atoms with van der Waals surface area (Å²) >= 11 is 0. The number of aromatic nitrogens is 1. The molecular weight excluding hydrogens is 298 g/mol. The van der Waals surface area contributed by atoms with Crippen molar-refractivity contribution in [2.45, 2.75) is 39.2 Å². The molecule has 2 amide bonds. The average molecular weight is 321 g/mol. The maximum atomic E-state index is 12.4. The van der Waals surface area contributed by atoms with Crippen LogP contribution >= 0.6 is 0 Å². The molecule has 3 rings (SSSR count). The van der Waals surface area contributed by atoms with Gasteiger partial charge in [0, 0.05) is 38.3 Å². The second-order valence-corrected chi connectivity index (χ2v) is 6.19. The quantitative estimate of drug-likeness (QED) is 0.818. The van der Waals surface area contributed by atoms with Crippen molar-refractivity contribution in [1.29, 1.82) is 0 Å². The van der Waals surface area contributed by atoms with Gasteiger partial charge in [-0.15, -0.1) is 0 Å². The van der Waals surface area contributed by atoms with E-state index in [9.17, 15) is 9.59 Å². The Kier molecular flexibility index (Phi) is 4.66. The molecule has 2 saturated heterocycles. The highest BCUT2D eigenvalue weighted by Crippen LogP contribution is 2.17. The number of ether oxygens (including phenoxy) is 1. The minimum Gasteiger partial charge on any atom is -0.368 e. The molecule has 0 N–H and O–H groups in total. The zero-order valence-electron chi connectivity index (χ0n) is 13.7. The smallest absolute Gasteiger partial charge is 0.251 e. The molecule has 2 aliphatic rings. The van der Waals surface area contributed by atoms with Gasteiger partial charge in [-0.05, 0) is 26.7 Å². The highest BCUT2D eigenvalue weighted by Gasteiger charge is 2.31. The molecule has 126 valence electrons. The second-order valence-electron chi connectivity index (χ2n) is 6.19. The van der Waals surface area contributed by atoms with Gasteiger partial charge in [0.25, 0.3) is 5.91 Å². The lowest BCUT2D eigenvalue weighted by molar-refractivity contribution is -0.145. The van der Waals surface area contributed by atoms with E-state index in [2.05, 4.69) is 5.16 Å². The van der Waals surface area contributed by atoms with Crippen molar-refractivity contribution in [1.82, 2.24) is 15.0 Å². The molecule has 0 spiro atoms. The first-order valence-corrected chi connectivity index (χ1v) is 8.16. The van der Waals surface area contributed by atoms with E-state index in [4.69, 9.17) is 9.26 Å². The lowest BCUT2D eigenvalue weighted by Gasteiger charge is -2.35. The summed E-state index contributed by atoms with van der Waals surface area (Å²) in [5.41, 5.74) is 1.64. The van der Waals surface area contributed by atoms with Gasteiger partial charge >= 0.3 is 0 Å². The van der Waals surface area contributed by atoms with Crippen molar-refractivity contribution in [2.24, 2.45) is 0 Å². The zero-order valence-corrected chi connectivity index (χ0v) is 13.7. The lowest BCUT2D eigenvalue weighted by atomic mass is 10.1. The predicted molar refractivity (Wildman–Crippen MR) is 81.8 cm³/mol. The van der Waals surface area contributed by atoms with E-state index in [-0.39, 0.29) is 17.9 Å². The molecule has 2 aliphatic heterocycles. The minimum absolute atomic E-state index is 0.0589. The third-order valence-electron chi connectivity index (χ3n) is 4.66. The Morgan fingerprint density at radius 3 is 2.43 bits per heavy atom. The normalized spacial score (nSPS) is 21.7. The molecule has 2 fully saturated rings. The van der Waals surface area contributed by atoms with Crippen LogP contribution in [0.2, 0.25) is 0 Å². The van der Waals surface area contributed by atoms with Gasteiger partial charge in [0.1, 0.15) is 11.9 Å². The molecule has 0 saturated carbocycles. The average Bonchev–Trinajstić information content (AvgIpc) is 3.20. The van der Waals surface area contributed by atoms with E-state index < -0.39 is 0 Å². The van der Waals surface area contributed by atoms with Crippen molar-refractivity contribution in [3.63, 3.8) is 0 Å². The molecule has 23 heavy (non-hydrogen) atoms. The number of carbonyl (C=O) groups excluding carboxylic acids is 2. The fraction of sp³-hybridized carbons (Fsp3) is 0.688. The Morgan fingerprint density at radius 2 is 1.87 bits per heavy atom. The van der Waals surface area contributed by atoms with Gasteiger partial charge in [-0.25, -0.2) is 0 Å². The number of piperazine rings is 1. The molecule has 1 atom stereocenters. The van der Waals surface area contributed by atoms with Gasteiger partial charge in [-0.2, -0.15) is 0 Å². The second kappa shape index (κ2) is 6.70. The van der Waals surface area contributed by atoms with Crippen molar-refractivity contribution in [2.75, 3.05) is 32.8 Å². The molecule has 0 bridgehead atoms. The summed E-state index contributed by atoms with van der Waals surface area (Å²) in [5, 5.41) is 3.88. The maximum Gasteiger partial charge on any atom is 0.251 e. The predicted octanol–water partition coefficient (Wildman–Crippen LogP) is 0.684. The van der Waals surface area contributed by atoms with E-state index in [1.54, 1.807) is 0 Å². The lowest BCUT2D eigenvalue weighted by Crippen LogP contribution is -2.53. The largest absolute Gasteiger partial charge is 0.368 e. The molecular formula is C16H23N3O4. The molecule has 1 aromatic rings. The van der Waals surface area contributed by atoms with Crippen LogP contribution in [0.5, 0.6) is 0 Å². The third kappa shape index (κ3) is 3.39. The van der Waals surface area contributed by atoms with Crippen LogP contribution in [0.3, 0.4) is 0 Å². The van der Waals surface area contributed by atoms with Crippen LogP contribution < -0.4 is 0 Å². The van der Waals surface area contributed by atoms with E-state index in [1.807, 2.05) is 23.6 Å². The first-order valence-electron chi connectivity index (χ1n) is 8.16. The summed E-state index contributed by atoms with van der Waals surface area (Å²) in [6.07, 6.45) is 1.79. The molecule has 0 aromatic carbocycles. The van der Waals surface area contributed by atoms with Crippen LogP contribution in [-0.2, 0) is 20.7 Å². The van der Waals surface area contributed by atoms with Crippen molar-refractivity contribution in [3.8, 4) is 0 Å². The van der Waals surface area contributed by atoms with Gasteiger partial charge in [0.2, 0.25) is 5.91 Å². The van der Waals surface area contributed by atoms with Crippen LogP contribution in [0.15, 0.2) is 4.52 Å². The standard InChI is InChI=1S/C16H23N3O4/c1-11-13(12(2)23-17-11)10-15(20)18-5-7-19(8-6-18)16(21)14-4-3-9-22-14/h14H,3-10H2,1-2H3. The number of rotatable bonds is 3. The van der Waals surface area contributed by atoms with Gasteiger partial charge < -0.3 is 19.1 Å². The van der Waals surface area contributed by atoms with E-state index >= 15 is 0 Å². The Balaban J connectivity index is 1.52. The van der Waals surface area contributed by atoms with Crippen molar-refractivity contribution >= 4 is 11.8 Å². The highest BCUT2D eigenvalue weighted by molar-refractivity contribution is 5.82. The molecule has 1 unspecified atom stereocenters. The summed E-state index contributed by atoms with van der Waals surface area (Å²) in [6.45, 7) is 6.63. The van der Waals surface area contributed by atoms with Gasteiger partial charge in [0.15, 0.2) is 0 Å². The Labute approximate surface area is 135 Å². The van der Waals surface area contributed by atoms with Crippen molar-refractivity contribution in [3.05, 3.63) is 17.0 Å². The number of amides is 2. The SMILES string of the molecule is Cc1noc(C)c1CC(=O)N1CCN(C(=O)C2CCCO2)CC1. The Morgan fingerprint density at radius 1 is 1.17 bits per heavy atom. The molecule has 3 heterocycles. The summed E-state index contributed by atoms with van der Waals surface area (Å²) in [5.74, 6) is 0.826. The summed E-state index contributed by atoms with van der Waals surface area (Å²) < 4.78 is 10.6. The fourth-order valence-electron chi connectivity index (χ4n) is 3.17. The summed E-state index contributed by atoms with van der Waals surface area (Å²) in [7, 11) is 0. The molecule has 7 nitrogen and oxygen atoms in total. The Bertz CT molecular complexity index is 565. The topological polar surface area (TPSA) is 75.9 Å². The van der Waals surface area contributed by atoms with Crippen LogP contribution in [-0.4, -0.2) is 65.7 Å². The number of hydrogen-bond acceptors (Lipinski definition) is 5. The minimum atomic E-state index is -0.278. The van der Waals surface area contributed by atoms with Crippen molar-refractivity contribution < 1.29 is 18.8 Å². The monoisotopic (exact) mass is 321 g/mol. The number of aryl methyl sites for hydroxylation is 2. The van der Waals surface area contributed by atoms with Crippen LogP contribution in [0, 0.1) is 13.8 Å².